The zero-order valence-corrected chi connectivity index (χ0v) is 9.97. The molecule has 2 aromatic rings. The van der Waals surface area contributed by atoms with Crippen LogP contribution in [0.3, 0.4) is 0 Å². The lowest BCUT2D eigenvalue weighted by molar-refractivity contribution is 0.0938. The Morgan fingerprint density at radius 1 is 1.56 bits per heavy atom. The lowest BCUT2D eigenvalue weighted by Gasteiger charge is -2.23. The van der Waals surface area contributed by atoms with E-state index in [-0.39, 0.29) is 5.91 Å². The third-order valence-electron chi connectivity index (χ3n) is 3.33. The van der Waals surface area contributed by atoms with E-state index in [1.54, 1.807) is 12.3 Å². The van der Waals surface area contributed by atoms with Crippen molar-refractivity contribution in [3.05, 3.63) is 36.2 Å². The van der Waals surface area contributed by atoms with Gasteiger partial charge in [0.25, 0.3) is 5.91 Å². The van der Waals surface area contributed by atoms with Crippen molar-refractivity contribution < 1.29 is 4.79 Å². The van der Waals surface area contributed by atoms with Gasteiger partial charge in [-0.3, -0.25) is 9.89 Å². The van der Waals surface area contributed by atoms with E-state index in [0.717, 1.165) is 25.2 Å². The van der Waals surface area contributed by atoms with Crippen molar-refractivity contribution in [2.75, 3.05) is 6.54 Å². The second kappa shape index (κ2) is 4.64. The minimum Gasteiger partial charge on any atom is -0.350 e. The number of nitrogens with zero attached hydrogens (tertiary/aromatic N) is 3. The molecule has 3 rings (SSSR count). The molecule has 1 aliphatic rings. The number of H-pyrrole nitrogens is 1. The summed E-state index contributed by atoms with van der Waals surface area (Å²) in [6.07, 6.45) is 7.46. The lowest BCUT2D eigenvalue weighted by atomic mass is 9.99. The Morgan fingerprint density at radius 3 is 3.33 bits per heavy atom. The highest BCUT2D eigenvalue weighted by Crippen LogP contribution is 2.17. The Morgan fingerprint density at radius 2 is 2.50 bits per heavy atom. The highest BCUT2D eigenvalue weighted by molar-refractivity contribution is 5.92. The third-order valence-corrected chi connectivity index (χ3v) is 3.33. The van der Waals surface area contributed by atoms with E-state index >= 15 is 0 Å². The van der Waals surface area contributed by atoms with Gasteiger partial charge in [0.2, 0.25) is 0 Å². The van der Waals surface area contributed by atoms with Gasteiger partial charge >= 0.3 is 0 Å². The van der Waals surface area contributed by atoms with Gasteiger partial charge in [0.05, 0.1) is 0 Å². The molecule has 2 N–H and O–H groups in total. The Kier molecular flexibility index (Phi) is 2.84. The molecule has 0 fully saturated rings. The molecule has 0 saturated heterocycles. The first-order chi connectivity index (χ1) is 8.83. The monoisotopic (exact) mass is 245 g/mol. The van der Waals surface area contributed by atoms with Crippen LogP contribution in [0, 0.1) is 5.92 Å². The molecular formula is C12H15N5O. The number of amides is 1. The molecular weight excluding hydrogens is 230 g/mol. The summed E-state index contributed by atoms with van der Waals surface area (Å²) < 4.78 is 2.16. The summed E-state index contributed by atoms with van der Waals surface area (Å²) in [5, 5.41) is 9.36. The van der Waals surface area contributed by atoms with Crippen molar-refractivity contribution >= 4 is 5.91 Å². The first kappa shape index (κ1) is 11.0. The summed E-state index contributed by atoms with van der Waals surface area (Å²) in [5.74, 6) is 1.52. The Bertz CT molecular complexity index is 530. The highest BCUT2D eigenvalue weighted by Gasteiger charge is 2.19. The summed E-state index contributed by atoms with van der Waals surface area (Å²) in [6, 6.07) is 1.67. The molecule has 0 saturated carbocycles. The Labute approximate surface area is 104 Å². The number of aromatic amines is 1. The molecule has 6 nitrogen and oxygen atoms in total. The number of rotatable bonds is 3. The molecule has 94 valence electrons. The highest BCUT2D eigenvalue weighted by atomic mass is 16.1. The van der Waals surface area contributed by atoms with Crippen LogP contribution in [0.4, 0.5) is 0 Å². The number of aryl methyl sites for hydroxylation is 1. The van der Waals surface area contributed by atoms with E-state index in [9.17, 15) is 4.79 Å². The van der Waals surface area contributed by atoms with E-state index < -0.39 is 0 Å². The normalized spacial score (nSPS) is 18.3. The summed E-state index contributed by atoms with van der Waals surface area (Å²) in [6.45, 7) is 1.62. The van der Waals surface area contributed by atoms with Gasteiger partial charge in [0.15, 0.2) is 0 Å². The smallest absolute Gasteiger partial charge is 0.269 e. The molecule has 0 radical (unpaired) electrons. The van der Waals surface area contributed by atoms with Gasteiger partial charge in [-0.05, 0) is 18.4 Å². The summed E-state index contributed by atoms with van der Waals surface area (Å²) in [7, 11) is 0. The number of aromatic nitrogens is 4. The number of fused-ring (bicyclic) bond motifs is 1. The molecule has 1 aliphatic heterocycles. The van der Waals surface area contributed by atoms with Gasteiger partial charge in [-0.25, -0.2) is 4.98 Å². The average molecular weight is 245 g/mol. The van der Waals surface area contributed by atoms with Crippen molar-refractivity contribution in [1.29, 1.82) is 0 Å². The molecule has 0 bridgehead atoms. The number of imidazole rings is 1. The fourth-order valence-electron chi connectivity index (χ4n) is 2.32. The predicted molar refractivity (Wildman–Crippen MR) is 65.0 cm³/mol. The Balaban J connectivity index is 1.54. The van der Waals surface area contributed by atoms with Crippen LogP contribution in [-0.2, 0) is 13.0 Å². The summed E-state index contributed by atoms with van der Waals surface area (Å²) in [5.41, 5.74) is 0.508. The van der Waals surface area contributed by atoms with E-state index in [4.69, 9.17) is 0 Å². The number of hydrogen-bond acceptors (Lipinski definition) is 3. The zero-order valence-electron chi connectivity index (χ0n) is 9.97. The largest absolute Gasteiger partial charge is 0.350 e. The summed E-state index contributed by atoms with van der Waals surface area (Å²) >= 11 is 0. The van der Waals surface area contributed by atoms with Crippen LogP contribution >= 0.6 is 0 Å². The van der Waals surface area contributed by atoms with Crippen molar-refractivity contribution in [1.82, 2.24) is 25.1 Å². The number of carbonyl (C=O) groups excluding carboxylic acids is 1. The van der Waals surface area contributed by atoms with E-state index in [0.29, 0.717) is 18.2 Å². The molecule has 0 aromatic carbocycles. The predicted octanol–water partition coefficient (Wildman–Crippen LogP) is 0.599. The molecule has 2 aromatic heterocycles. The van der Waals surface area contributed by atoms with Crippen LogP contribution in [0.2, 0.25) is 0 Å². The molecule has 1 amide bonds. The number of nitrogens with one attached hydrogen (secondary N) is 2. The molecule has 1 atom stereocenters. The maximum atomic E-state index is 11.7. The van der Waals surface area contributed by atoms with Gasteiger partial charge in [-0.1, -0.05) is 0 Å². The summed E-state index contributed by atoms with van der Waals surface area (Å²) in [4.78, 5) is 16.0. The maximum absolute atomic E-state index is 11.7. The second-order valence-corrected chi connectivity index (χ2v) is 4.58. The van der Waals surface area contributed by atoms with Crippen molar-refractivity contribution in [3.8, 4) is 0 Å². The minimum absolute atomic E-state index is 0.0936. The van der Waals surface area contributed by atoms with Gasteiger partial charge < -0.3 is 9.88 Å². The van der Waals surface area contributed by atoms with E-state index in [2.05, 4.69) is 25.1 Å². The Hall–Kier alpha value is -2.11. The van der Waals surface area contributed by atoms with Crippen LogP contribution in [0.25, 0.3) is 0 Å². The molecule has 18 heavy (non-hydrogen) atoms. The lowest BCUT2D eigenvalue weighted by Crippen LogP contribution is -2.33. The molecule has 3 heterocycles. The first-order valence-corrected chi connectivity index (χ1v) is 6.10. The first-order valence-electron chi connectivity index (χ1n) is 6.10. The van der Waals surface area contributed by atoms with Crippen molar-refractivity contribution in [2.45, 2.75) is 19.4 Å². The average Bonchev–Trinajstić information content (AvgIpc) is 3.05. The molecule has 0 aliphatic carbocycles. The van der Waals surface area contributed by atoms with Crippen LogP contribution in [0.15, 0.2) is 24.7 Å². The van der Waals surface area contributed by atoms with Crippen LogP contribution in [0.1, 0.15) is 22.7 Å². The number of hydrogen-bond donors (Lipinski definition) is 2. The van der Waals surface area contributed by atoms with Gasteiger partial charge in [-0.15, -0.1) is 0 Å². The molecule has 0 spiro atoms. The standard InChI is InChI=1S/C12H15N5O/c18-12(10-3-4-15-16-10)14-7-9-1-2-11-13-5-6-17(11)8-9/h3-6,9H,1-2,7-8H2,(H,14,18)(H,15,16)/t9-/m0/s1. The fourth-order valence-corrected chi connectivity index (χ4v) is 2.32. The SMILES string of the molecule is O=C(NC[C@@H]1CCc2nccn2C1)c1ccn[nH]1. The van der Waals surface area contributed by atoms with Crippen LogP contribution in [0.5, 0.6) is 0 Å². The molecule has 0 unspecified atom stereocenters. The third kappa shape index (κ3) is 2.13. The van der Waals surface area contributed by atoms with E-state index in [1.807, 2.05) is 12.4 Å². The van der Waals surface area contributed by atoms with Crippen LogP contribution < -0.4 is 5.32 Å². The zero-order chi connectivity index (χ0) is 12.4. The van der Waals surface area contributed by atoms with Crippen LogP contribution in [-0.4, -0.2) is 32.2 Å². The van der Waals surface area contributed by atoms with E-state index in [1.165, 1.54) is 0 Å². The second-order valence-electron chi connectivity index (χ2n) is 4.58. The van der Waals surface area contributed by atoms with Crippen molar-refractivity contribution in [3.63, 3.8) is 0 Å². The van der Waals surface area contributed by atoms with Crippen molar-refractivity contribution in [2.24, 2.45) is 5.92 Å². The van der Waals surface area contributed by atoms with Gasteiger partial charge in [0.1, 0.15) is 11.5 Å². The maximum Gasteiger partial charge on any atom is 0.269 e. The molecule has 6 heteroatoms. The quantitative estimate of drug-likeness (QED) is 0.831. The van der Waals surface area contributed by atoms with Gasteiger partial charge in [0, 0.05) is 38.1 Å². The fraction of sp³-hybridized carbons (Fsp3) is 0.417. The topological polar surface area (TPSA) is 75.6 Å². The van der Waals surface area contributed by atoms with Gasteiger partial charge in [-0.2, -0.15) is 5.10 Å². The number of carbonyl (C=O) groups is 1. The minimum atomic E-state index is -0.0936.